The Hall–Kier alpha value is -4.71. The lowest BCUT2D eigenvalue weighted by Gasteiger charge is -2.33. The highest BCUT2D eigenvalue weighted by atomic mass is 31.2. The van der Waals surface area contributed by atoms with Crippen molar-refractivity contribution in [2.75, 3.05) is 19.8 Å². The van der Waals surface area contributed by atoms with Crippen LogP contribution in [0.1, 0.15) is 485 Å². The van der Waals surface area contributed by atoms with E-state index in [0.717, 1.165) is 134 Å². The van der Waals surface area contributed by atoms with E-state index >= 15 is 0 Å². The second-order valence-electron chi connectivity index (χ2n) is 39.8. The minimum atomic E-state index is -1.98. The summed E-state index contributed by atoms with van der Waals surface area (Å²) in [6.45, 7) is 45.9. The van der Waals surface area contributed by atoms with Gasteiger partial charge in [0.05, 0.1) is 19.8 Å². The van der Waals surface area contributed by atoms with E-state index in [1.54, 1.807) is 0 Å². The zero-order valence-electron chi connectivity index (χ0n) is 82.8. The van der Waals surface area contributed by atoms with Gasteiger partial charge in [-0.15, -0.1) is 0 Å². The van der Waals surface area contributed by atoms with Crippen LogP contribution in [0.25, 0.3) is 0 Å². The largest absolute Gasteiger partial charge is 0.530 e. The Balaban J connectivity index is 1.47. The molecule has 698 valence electrons. The van der Waals surface area contributed by atoms with E-state index in [9.17, 15) is 0 Å². The maximum absolute atomic E-state index is 7.37. The summed E-state index contributed by atoms with van der Waals surface area (Å²) in [5.41, 5.74) is 13.6. The lowest BCUT2D eigenvalue weighted by Crippen LogP contribution is -2.19. The monoisotopic (exact) mass is 1760 g/mol. The molecule has 0 amide bonds. The van der Waals surface area contributed by atoms with Crippen molar-refractivity contribution in [3.05, 3.63) is 176 Å². The first-order valence-corrected chi connectivity index (χ1v) is 54.3. The van der Waals surface area contributed by atoms with E-state index < -0.39 is 25.8 Å². The van der Waals surface area contributed by atoms with Crippen molar-refractivity contribution in [2.45, 2.75) is 474 Å². The normalized spacial score (nSPS) is 12.8. The molecule has 9 nitrogen and oxygen atoms in total. The molecule has 0 aliphatic carbocycles. The van der Waals surface area contributed by atoms with Crippen molar-refractivity contribution < 1.29 is 40.7 Å². The van der Waals surface area contributed by atoms with Crippen LogP contribution < -0.4 is 27.1 Å². The predicted octanol–water partition coefficient (Wildman–Crippen LogP) is 38.2. The average Bonchev–Trinajstić information content (AvgIpc) is 0.758. The topological polar surface area (TPSA) is 83.1 Å². The number of rotatable bonds is 71. The van der Waals surface area contributed by atoms with Crippen molar-refractivity contribution in [2.24, 2.45) is 0 Å². The summed E-state index contributed by atoms with van der Waals surface area (Å²) in [6, 6.07) is 40.4. The highest BCUT2D eigenvalue weighted by Crippen LogP contribution is 2.53. The van der Waals surface area contributed by atoms with Gasteiger partial charge < -0.3 is 36.2 Å². The Morgan fingerprint density at radius 1 is 0.258 bits per heavy atom. The number of unbranched alkanes of at least 4 members (excludes halogenated alkanes) is 39. The molecule has 0 heterocycles. The van der Waals surface area contributed by atoms with Gasteiger partial charge in [0.15, 0.2) is 0 Å². The van der Waals surface area contributed by atoms with Gasteiger partial charge in [-0.25, -0.2) is 0 Å². The van der Waals surface area contributed by atoms with Gasteiger partial charge in [0.2, 0.25) is 0 Å². The zero-order valence-corrected chi connectivity index (χ0v) is 85.5. The van der Waals surface area contributed by atoms with Gasteiger partial charge in [0.1, 0.15) is 34.5 Å². The van der Waals surface area contributed by atoms with E-state index in [-0.39, 0.29) is 28.1 Å². The summed E-state index contributed by atoms with van der Waals surface area (Å²) in [5, 5.41) is 0. The first-order chi connectivity index (χ1) is 59.9. The summed E-state index contributed by atoms with van der Waals surface area (Å²) < 4.78 is 63.7. The molecule has 0 N–H and O–H groups in total. The highest BCUT2D eigenvalue weighted by molar-refractivity contribution is 7.43. The van der Waals surface area contributed by atoms with Crippen LogP contribution in [0.2, 0.25) is 0 Å². The fourth-order valence-electron chi connectivity index (χ4n) is 17.2. The first kappa shape index (κ1) is 108. The summed E-state index contributed by atoms with van der Waals surface area (Å²) in [5.74, 6) is 4.78. The number of hydrogen-bond acceptors (Lipinski definition) is 9. The molecule has 6 aromatic rings. The predicted molar refractivity (Wildman–Crippen MR) is 539 cm³/mol. The van der Waals surface area contributed by atoms with E-state index in [0.29, 0.717) is 19.8 Å². The standard InChI is InChI=1S/C112H181O9P3/c1-20-26-32-38-44-47-50-56-62-77-113-122(114-78-63-57-51-48-45-39-33-27-21-2)119-107-82-92(9)101(88-105(107)111(14,15)16)103(102-89-106(112(17,18)19)108(83-93(102)10)120-123(115-79-64-58-52-49-46-40-34-28-22-3)116-97-74-65-71-94(84-97)68-59-53-41-35-29-23-4)80-90(7)100-87-104(110(11,12)13)109(81-91(100)8)121-124(117-98-75-66-72-95(85-98)69-60-54-42-36-30-24-5)118-99-76-67-73-96(86-99)70-61-55-43-37-31-25-6/h65-67,71-76,81-90,103H,20-64,68-70,77-80H2,1-19H3. The number of benzene rings is 6. The van der Waals surface area contributed by atoms with Crippen LogP contribution in [0.5, 0.6) is 34.5 Å². The van der Waals surface area contributed by atoms with Crippen molar-refractivity contribution in [3.63, 3.8) is 0 Å². The third-order valence-electron chi connectivity index (χ3n) is 24.9. The smallest absolute Gasteiger partial charge is 0.426 e. The molecule has 3 unspecified atom stereocenters. The Bertz CT molecular complexity index is 3690. The van der Waals surface area contributed by atoms with Gasteiger partial charge >= 0.3 is 25.8 Å². The minimum Gasteiger partial charge on any atom is -0.426 e. The van der Waals surface area contributed by atoms with Gasteiger partial charge in [0, 0.05) is 22.6 Å². The molecule has 0 aliphatic heterocycles. The Morgan fingerprint density at radius 2 is 0.500 bits per heavy atom. The van der Waals surface area contributed by atoms with E-state index in [4.69, 9.17) is 40.7 Å². The average molecular weight is 1760 g/mol. The lowest BCUT2D eigenvalue weighted by molar-refractivity contribution is 0.197. The van der Waals surface area contributed by atoms with Crippen LogP contribution in [0.3, 0.4) is 0 Å². The molecule has 0 saturated heterocycles. The maximum Gasteiger partial charge on any atom is 0.530 e. The van der Waals surface area contributed by atoms with Crippen LogP contribution >= 0.6 is 25.8 Å². The third kappa shape index (κ3) is 43.3. The van der Waals surface area contributed by atoms with Gasteiger partial charge in [-0.1, -0.05) is 416 Å². The van der Waals surface area contributed by atoms with Crippen LogP contribution in [0, 0.1) is 20.8 Å². The summed E-state index contributed by atoms with van der Waals surface area (Å²) in [6.07, 6.45) is 60.3. The van der Waals surface area contributed by atoms with E-state index in [2.05, 4.69) is 241 Å². The van der Waals surface area contributed by atoms with E-state index in [1.807, 2.05) is 0 Å². The number of aryl methyl sites for hydroxylation is 6. The van der Waals surface area contributed by atoms with Crippen molar-refractivity contribution >= 4 is 25.8 Å². The molecule has 0 bridgehead atoms. The quantitative estimate of drug-likeness (QED) is 0.0274. The fourth-order valence-corrected chi connectivity index (χ4v) is 20.3. The Morgan fingerprint density at radius 3 is 0.798 bits per heavy atom. The zero-order chi connectivity index (χ0) is 89.6. The molecule has 12 heteroatoms. The highest BCUT2D eigenvalue weighted by Gasteiger charge is 2.35. The molecule has 0 saturated carbocycles. The molecule has 0 aromatic heterocycles. The maximum atomic E-state index is 7.37. The van der Waals surface area contributed by atoms with Crippen LogP contribution in [-0.4, -0.2) is 19.8 Å². The molecule has 0 aliphatic rings. The fraction of sp³-hybridized carbons (Fsp3) is 0.679. The van der Waals surface area contributed by atoms with Gasteiger partial charge in [0.25, 0.3) is 0 Å². The second kappa shape index (κ2) is 62.6. The molecule has 6 rings (SSSR count). The SMILES string of the molecule is CCCCCCCCCCCOP(OCCCCCCCCCCC)Oc1cc(C)c(C(CC(C)c2cc(C(C)(C)C)c(OP(Oc3cccc(CCCCCCCC)c3)Oc3cccc(CCCCCCCC)c3)cc2C)c2cc(C(C)(C)C)c(OP(OCCCCCCCCCCC)Oc3cccc(CCCCCCCC)c3)cc2C)cc1C(C)(C)C. The molecular formula is C112H181O9P3. The lowest BCUT2D eigenvalue weighted by atomic mass is 9.74. The molecule has 3 atom stereocenters. The first-order valence-electron chi connectivity index (χ1n) is 51.0. The summed E-state index contributed by atoms with van der Waals surface area (Å²) in [7, 11) is -5.51. The Labute approximate surface area is 766 Å². The van der Waals surface area contributed by atoms with Crippen molar-refractivity contribution in [1.82, 2.24) is 0 Å². The third-order valence-corrected chi connectivity index (χ3v) is 28.2. The molecule has 0 radical (unpaired) electrons. The van der Waals surface area contributed by atoms with Crippen LogP contribution in [0.4, 0.5) is 0 Å². The van der Waals surface area contributed by atoms with Crippen molar-refractivity contribution in [3.8, 4) is 34.5 Å². The summed E-state index contributed by atoms with van der Waals surface area (Å²) >= 11 is 0. The van der Waals surface area contributed by atoms with Crippen LogP contribution in [-0.2, 0) is 49.1 Å². The van der Waals surface area contributed by atoms with Crippen molar-refractivity contribution in [1.29, 1.82) is 0 Å². The summed E-state index contributed by atoms with van der Waals surface area (Å²) in [4.78, 5) is 0. The van der Waals surface area contributed by atoms with Crippen LogP contribution in [0.15, 0.2) is 109 Å². The molecule has 0 fully saturated rings. The molecular weight excluding hydrogens is 1580 g/mol. The van der Waals surface area contributed by atoms with E-state index in [1.165, 1.54) is 282 Å². The van der Waals surface area contributed by atoms with Gasteiger partial charge in [-0.3, -0.25) is 4.52 Å². The molecule has 124 heavy (non-hydrogen) atoms. The van der Waals surface area contributed by atoms with Gasteiger partial charge in [-0.2, -0.15) is 0 Å². The molecule has 6 aromatic carbocycles. The molecule has 0 spiro atoms. The number of hydrogen-bond donors (Lipinski definition) is 0. The van der Waals surface area contributed by atoms with Gasteiger partial charge in [-0.05, 0) is 212 Å². The minimum absolute atomic E-state index is 0.0701. The Kier molecular flexibility index (Phi) is 54.5. The second-order valence-corrected chi connectivity index (χ2v) is 43.0.